The summed E-state index contributed by atoms with van der Waals surface area (Å²) in [6, 6.07) is 7.92. The number of nitrogens with one attached hydrogen (secondary N) is 2. The zero-order valence-electron chi connectivity index (χ0n) is 10.6. The molecule has 2 N–H and O–H groups in total. The molecule has 96 valence electrons. The van der Waals surface area contributed by atoms with Crippen molar-refractivity contribution in [3.8, 4) is 6.07 Å². The topological polar surface area (TPSA) is 47.9 Å². The van der Waals surface area contributed by atoms with E-state index in [1.807, 2.05) is 18.2 Å². The molecule has 1 aliphatic heterocycles. The molecule has 1 saturated heterocycles. The zero-order valence-corrected chi connectivity index (χ0v) is 12.2. The number of anilines is 1. The third kappa shape index (κ3) is 3.24. The predicted molar refractivity (Wildman–Crippen MR) is 77.6 cm³/mol. The van der Waals surface area contributed by atoms with Gasteiger partial charge in [0, 0.05) is 23.2 Å². The highest BCUT2D eigenvalue weighted by atomic mass is 79.9. The third-order valence-electron chi connectivity index (χ3n) is 3.49. The van der Waals surface area contributed by atoms with Gasteiger partial charge in [-0.15, -0.1) is 0 Å². The van der Waals surface area contributed by atoms with Gasteiger partial charge < -0.3 is 10.6 Å². The largest absolute Gasteiger partial charge is 0.384 e. The summed E-state index contributed by atoms with van der Waals surface area (Å²) in [5.74, 6) is 0. The summed E-state index contributed by atoms with van der Waals surface area (Å²) < 4.78 is 0.849. The van der Waals surface area contributed by atoms with Crippen molar-refractivity contribution in [2.45, 2.75) is 19.8 Å². The Morgan fingerprint density at radius 2 is 2.39 bits per heavy atom. The van der Waals surface area contributed by atoms with Gasteiger partial charge in [-0.3, -0.25) is 0 Å². The normalized spacial score (nSPS) is 23.4. The van der Waals surface area contributed by atoms with E-state index in [1.165, 1.54) is 12.8 Å². The Kier molecular flexibility index (Phi) is 4.26. The van der Waals surface area contributed by atoms with Crippen molar-refractivity contribution < 1.29 is 0 Å². The minimum atomic E-state index is 0.318. The molecule has 1 aromatic rings. The fraction of sp³-hybridized carbons (Fsp3) is 0.500. The van der Waals surface area contributed by atoms with Crippen molar-refractivity contribution in [1.29, 1.82) is 5.26 Å². The first-order valence-electron chi connectivity index (χ1n) is 6.27. The molecule has 0 saturated carbocycles. The van der Waals surface area contributed by atoms with E-state index in [9.17, 15) is 0 Å². The lowest BCUT2D eigenvalue weighted by molar-refractivity contribution is 0.253. The Labute approximate surface area is 117 Å². The maximum atomic E-state index is 8.88. The number of rotatable bonds is 3. The van der Waals surface area contributed by atoms with Gasteiger partial charge in [0.15, 0.2) is 0 Å². The van der Waals surface area contributed by atoms with Crippen molar-refractivity contribution in [2.24, 2.45) is 5.41 Å². The van der Waals surface area contributed by atoms with Crippen molar-refractivity contribution in [3.05, 3.63) is 28.2 Å². The summed E-state index contributed by atoms with van der Waals surface area (Å²) in [7, 11) is 0. The molecule has 0 radical (unpaired) electrons. The predicted octanol–water partition coefficient (Wildman–Crippen LogP) is 3.12. The summed E-state index contributed by atoms with van der Waals surface area (Å²) in [6.07, 6.45) is 2.50. The molecule has 1 unspecified atom stereocenters. The van der Waals surface area contributed by atoms with Crippen LogP contribution < -0.4 is 10.6 Å². The molecule has 0 amide bonds. The quantitative estimate of drug-likeness (QED) is 0.902. The van der Waals surface area contributed by atoms with Crippen LogP contribution in [0.1, 0.15) is 25.3 Å². The second-order valence-electron chi connectivity index (χ2n) is 5.25. The maximum Gasteiger partial charge on any atom is 0.100 e. The summed E-state index contributed by atoms with van der Waals surface area (Å²) in [5.41, 5.74) is 2.05. The molecule has 2 rings (SSSR count). The van der Waals surface area contributed by atoms with Crippen molar-refractivity contribution in [1.82, 2.24) is 5.32 Å². The van der Waals surface area contributed by atoms with Gasteiger partial charge in [0.2, 0.25) is 0 Å². The van der Waals surface area contributed by atoms with Gasteiger partial charge in [-0.25, -0.2) is 0 Å². The number of nitriles is 1. The second-order valence-corrected chi connectivity index (χ2v) is 6.11. The van der Waals surface area contributed by atoms with E-state index in [2.05, 4.69) is 39.6 Å². The van der Waals surface area contributed by atoms with Gasteiger partial charge in [-0.05, 0) is 58.9 Å². The Morgan fingerprint density at radius 1 is 1.56 bits per heavy atom. The summed E-state index contributed by atoms with van der Waals surface area (Å²) >= 11 is 3.41. The van der Waals surface area contributed by atoms with E-state index in [0.717, 1.165) is 29.8 Å². The Balaban J connectivity index is 1.98. The van der Waals surface area contributed by atoms with Crippen LogP contribution in [0.5, 0.6) is 0 Å². The molecule has 18 heavy (non-hydrogen) atoms. The molecule has 0 bridgehead atoms. The van der Waals surface area contributed by atoms with E-state index < -0.39 is 0 Å². The zero-order chi connectivity index (χ0) is 13.0. The smallest absolute Gasteiger partial charge is 0.100 e. The molecule has 3 nitrogen and oxygen atoms in total. The van der Waals surface area contributed by atoms with Crippen molar-refractivity contribution in [2.75, 3.05) is 25.0 Å². The average Bonchev–Trinajstić information content (AvgIpc) is 2.38. The first-order chi connectivity index (χ1) is 8.63. The van der Waals surface area contributed by atoms with Gasteiger partial charge >= 0.3 is 0 Å². The van der Waals surface area contributed by atoms with E-state index >= 15 is 0 Å². The van der Waals surface area contributed by atoms with E-state index in [1.54, 1.807) is 0 Å². The van der Waals surface area contributed by atoms with E-state index in [0.29, 0.717) is 11.0 Å². The molecule has 0 spiro atoms. The maximum absolute atomic E-state index is 8.88. The van der Waals surface area contributed by atoms with Crippen LogP contribution in [0.3, 0.4) is 0 Å². The third-order valence-corrected chi connectivity index (χ3v) is 4.15. The van der Waals surface area contributed by atoms with Gasteiger partial charge in [-0.1, -0.05) is 6.92 Å². The first kappa shape index (κ1) is 13.4. The monoisotopic (exact) mass is 307 g/mol. The van der Waals surface area contributed by atoms with Crippen LogP contribution in [-0.4, -0.2) is 19.6 Å². The SMILES string of the molecule is CC1(CNc2ccc(C#N)c(Br)c2)CCCNC1. The lowest BCUT2D eigenvalue weighted by atomic mass is 9.83. The Bertz CT molecular complexity index is 459. The highest BCUT2D eigenvalue weighted by Gasteiger charge is 2.26. The average molecular weight is 308 g/mol. The summed E-state index contributed by atoms with van der Waals surface area (Å²) in [6.45, 7) is 5.47. The summed E-state index contributed by atoms with van der Waals surface area (Å²) in [5, 5.41) is 15.8. The van der Waals surface area contributed by atoms with Crippen LogP contribution >= 0.6 is 15.9 Å². The first-order valence-corrected chi connectivity index (χ1v) is 7.06. The molecular weight excluding hydrogens is 290 g/mol. The number of halogens is 1. The molecular formula is C14H18BrN3. The standard InChI is InChI=1S/C14H18BrN3/c1-14(5-2-6-17-9-14)10-18-12-4-3-11(8-16)13(15)7-12/h3-4,7,17-18H,2,5-6,9-10H2,1H3. The highest BCUT2D eigenvalue weighted by molar-refractivity contribution is 9.10. The lowest BCUT2D eigenvalue weighted by Crippen LogP contribution is -2.42. The van der Waals surface area contributed by atoms with Gasteiger partial charge in [0.25, 0.3) is 0 Å². The number of benzene rings is 1. The van der Waals surface area contributed by atoms with Crippen molar-refractivity contribution >= 4 is 21.6 Å². The molecule has 1 fully saturated rings. The molecule has 1 aromatic carbocycles. The van der Waals surface area contributed by atoms with E-state index in [4.69, 9.17) is 5.26 Å². The number of hydrogen-bond donors (Lipinski definition) is 2. The minimum Gasteiger partial charge on any atom is -0.384 e. The molecule has 0 aliphatic carbocycles. The number of piperidine rings is 1. The number of nitrogens with zero attached hydrogens (tertiary/aromatic N) is 1. The molecule has 1 atom stereocenters. The van der Waals surface area contributed by atoms with E-state index in [-0.39, 0.29) is 0 Å². The molecule has 1 aliphatic rings. The fourth-order valence-electron chi connectivity index (χ4n) is 2.30. The van der Waals surface area contributed by atoms with Gasteiger partial charge in [0.1, 0.15) is 6.07 Å². The van der Waals surface area contributed by atoms with Crippen LogP contribution in [0.2, 0.25) is 0 Å². The van der Waals surface area contributed by atoms with Crippen LogP contribution in [0, 0.1) is 16.7 Å². The van der Waals surface area contributed by atoms with Crippen LogP contribution in [-0.2, 0) is 0 Å². The minimum absolute atomic E-state index is 0.318. The molecule has 0 aromatic heterocycles. The summed E-state index contributed by atoms with van der Waals surface area (Å²) in [4.78, 5) is 0. The van der Waals surface area contributed by atoms with Crippen molar-refractivity contribution in [3.63, 3.8) is 0 Å². The fourth-order valence-corrected chi connectivity index (χ4v) is 2.77. The van der Waals surface area contributed by atoms with Crippen LogP contribution in [0.15, 0.2) is 22.7 Å². The molecule has 1 heterocycles. The Hall–Kier alpha value is -1.05. The van der Waals surface area contributed by atoms with Gasteiger partial charge in [-0.2, -0.15) is 5.26 Å². The Morgan fingerprint density at radius 3 is 3.00 bits per heavy atom. The second kappa shape index (κ2) is 5.73. The van der Waals surface area contributed by atoms with Crippen LogP contribution in [0.4, 0.5) is 5.69 Å². The highest BCUT2D eigenvalue weighted by Crippen LogP contribution is 2.27. The molecule has 4 heteroatoms. The lowest BCUT2D eigenvalue weighted by Gasteiger charge is -2.34. The number of hydrogen-bond acceptors (Lipinski definition) is 3. The van der Waals surface area contributed by atoms with Gasteiger partial charge in [0.05, 0.1) is 5.56 Å². The van der Waals surface area contributed by atoms with Crippen LogP contribution in [0.25, 0.3) is 0 Å².